The molecule has 0 aromatic heterocycles. The van der Waals surface area contributed by atoms with Crippen molar-refractivity contribution in [2.45, 2.75) is 183 Å². The second-order valence-electron chi connectivity index (χ2n) is 18.1. The lowest BCUT2D eigenvalue weighted by molar-refractivity contribution is -0.308. The van der Waals surface area contributed by atoms with Crippen molar-refractivity contribution >= 4 is 23.5 Å². The summed E-state index contributed by atoms with van der Waals surface area (Å²) in [6.07, 6.45) is -12.7. The highest BCUT2D eigenvalue weighted by Crippen LogP contribution is 2.44. The van der Waals surface area contributed by atoms with Gasteiger partial charge in [-0.05, 0) is 60.5 Å². The molecule has 342 valence electrons. The molecule has 0 saturated carbocycles. The van der Waals surface area contributed by atoms with Gasteiger partial charge in [0.1, 0.15) is 36.0 Å². The number of hydrogen-bond acceptors (Lipinski definition) is 18. The Bertz CT molecular complexity index is 1390. The Labute approximate surface area is 352 Å². The van der Waals surface area contributed by atoms with Crippen LogP contribution in [0.3, 0.4) is 0 Å². The predicted molar refractivity (Wildman–Crippen MR) is 213 cm³/mol. The van der Waals surface area contributed by atoms with E-state index >= 15 is 0 Å². The highest BCUT2D eigenvalue weighted by molar-refractivity contribution is 8.00. The van der Waals surface area contributed by atoms with E-state index in [1.54, 1.807) is 34.6 Å². The van der Waals surface area contributed by atoms with Crippen LogP contribution >= 0.6 is 11.8 Å². The van der Waals surface area contributed by atoms with Gasteiger partial charge < -0.3 is 73.4 Å². The van der Waals surface area contributed by atoms with Gasteiger partial charge in [0.2, 0.25) is 0 Å². The van der Waals surface area contributed by atoms with Gasteiger partial charge in [0.05, 0.1) is 67.1 Å². The van der Waals surface area contributed by atoms with Crippen molar-refractivity contribution in [2.24, 2.45) is 29.6 Å². The molecule has 5 aliphatic heterocycles. The van der Waals surface area contributed by atoms with Crippen molar-refractivity contribution in [3.05, 3.63) is 0 Å². The van der Waals surface area contributed by atoms with Crippen LogP contribution in [0.1, 0.15) is 74.7 Å². The lowest BCUT2D eigenvalue weighted by Crippen LogP contribution is -2.61. The van der Waals surface area contributed by atoms with Gasteiger partial charge in [0.15, 0.2) is 24.0 Å². The molecule has 0 amide bonds. The van der Waals surface area contributed by atoms with E-state index < -0.39 is 138 Å². The second-order valence-corrected chi connectivity index (χ2v) is 19.5. The number of hydrogen-bond donors (Lipinski definition) is 6. The lowest BCUT2D eigenvalue weighted by Gasteiger charge is -2.49. The first-order valence-electron chi connectivity index (χ1n) is 21.2. The normalized spacial score (nSPS) is 50.7. The summed E-state index contributed by atoms with van der Waals surface area (Å²) < 4.78 is 50.7. The van der Waals surface area contributed by atoms with Gasteiger partial charge in [0, 0.05) is 37.3 Å². The zero-order valence-corrected chi connectivity index (χ0v) is 37.2. The number of carbonyl (C=O) groups excluding carboxylic acids is 2. The molecule has 5 aliphatic rings. The molecule has 5 fully saturated rings. The number of methoxy groups -OCH3 is 1. The molecule has 6 N–H and O–H groups in total. The summed E-state index contributed by atoms with van der Waals surface area (Å²) in [5, 5.41) is 63.8. The second kappa shape index (κ2) is 20.2. The minimum absolute atomic E-state index is 0.153. The molecule has 5 rings (SSSR count). The highest BCUT2D eigenvalue weighted by Gasteiger charge is 2.58. The van der Waals surface area contributed by atoms with Crippen LogP contribution in [0.25, 0.3) is 0 Å². The number of esters is 1. The maximum absolute atomic E-state index is 14.2. The summed E-state index contributed by atoms with van der Waals surface area (Å²) in [7, 11) is 5.26. The first-order chi connectivity index (χ1) is 27.7. The molecular weight excluding hydrogens is 795 g/mol. The number of epoxide rings is 1. The monoisotopic (exact) mass is 865 g/mol. The standard InChI is InChI=1S/C41H71NO16S/c1-17-14-41(16-52-41)37(49)20(4)29(44)19(3)23(7)55-38(50)22(6)35(56-28-13-26(51-11)30(45)24(8)54-28)21(5)34(17)57-39-36(25(42(9)10)12-18(2)53-39)58-40-33(48)32(47)31(46)27(15-43)59-40/h17-36,39-40,43-48H,12-16H2,1-11H3/t17-,18+,19-,20+,21+,22+,23+,24-,25-,26-,27+,28-,29-,30-,31+,32-,33+,34-,35-,36+,39-,40+,41+/m0/s1. The van der Waals surface area contributed by atoms with Crippen molar-refractivity contribution < 1.29 is 78.1 Å². The molecular formula is C41H71NO16S. The van der Waals surface area contributed by atoms with E-state index in [2.05, 4.69) is 0 Å². The number of ketones is 1. The Morgan fingerprint density at radius 2 is 1.42 bits per heavy atom. The van der Waals surface area contributed by atoms with Crippen molar-refractivity contribution in [3.8, 4) is 0 Å². The summed E-state index contributed by atoms with van der Waals surface area (Å²) in [5.41, 5.74) is -2.28. The largest absolute Gasteiger partial charge is 0.462 e. The van der Waals surface area contributed by atoms with Crippen LogP contribution in [-0.2, 0) is 47.5 Å². The van der Waals surface area contributed by atoms with E-state index in [4.69, 9.17) is 37.9 Å². The van der Waals surface area contributed by atoms with E-state index in [0.29, 0.717) is 6.42 Å². The molecule has 59 heavy (non-hydrogen) atoms. The molecule has 0 radical (unpaired) electrons. The third-order valence-corrected chi connectivity index (χ3v) is 14.9. The molecule has 0 aliphatic carbocycles. The van der Waals surface area contributed by atoms with Crippen LogP contribution in [0.15, 0.2) is 0 Å². The summed E-state index contributed by atoms with van der Waals surface area (Å²) >= 11 is 1.01. The van der Waals surface area contributed by atoms with E-state index in [-0.39, 0.29) is 37.4 Å². The number of ether oxygens (including phenoxy) is 8. The van der Waals surface area contributed by atoms with Crippen LogP contribution in [-0.4, -0.2) is 190 Å². The van der Waals surface area contributed by atoms with Gasteiger partial charge in [-0.25, -0.2) is 0 Å². The molecule has 0 aromatic rings. The smallest absolute Gasteiger partial charge is 0.311 e. The molecule has 5 heterocycles. The van der Waals surface area contributed by atoms with E-state index in [0.717, 1.165) is 11.8 Å². The van der Waals surface area contributed by atoms with Crippen molar-refractivity contribution in [2.75, 3.05) is 34.4 Å². The third kappa shape index (κ3) is 10.7. The number of aliphatic hydroxyl groups excluding tert-OH is 6. The highest BCUT2D eigenvalue weighted by atomic mass is 32.2. The SMILES string of the molecule is CO[C@H]1C[C@H](O[C@H]2[C@H](C)[C@@H](O[C@@H]3O[C@H](C)C[C@H](N(C)C)[C@H]3O[C@@H]3S[C@H](CO)[C@@H](O)[C@H](O)[C@H]3O)[C@@H](C)C[C@@]3(CO3)C(=O)[C@H](C)[C@@H](O)[C@@H](C)[C@@H](C)OC(=O)[C@@H]2C)O[C@@H](C)[C@@H]1O. The van der Waals surface area contributed by atoms with Gasteiger partial charge in [0.25, 0.3) is 0 Å². The van der Waals surface area contributed by atoms with E-state index in [1.807, 2.05) is 39.8 Å². The molecule has 18 heteroatoms. The number of rotatable bonds is 9. The summed E-state index contributed by atoms with van der Waals surface area (Å²) in [5.74, 6) is -4.32. The Kier molecular flexibility index (Phi) is 16.7. The van der Waals surface area contributed by atoms with Crippen LogP contribution in [0.4, 0.5) is 0 Å². The van der Waals surface area contributed by atoms with E-state index in [1.165, 1.54) is 7.11 Å². The van der Waals surface area contributed by atoms with Gasteiger partial charge >= 0.3 is 5.97 Å². The molecule has 17 nitrogen and oxygen atoms in total. The van der Waals surface area contributed by atoms with Crippen LogP contribution in [0.2, 0.25) is 0 Å². The first-order valence-corrected chi connectivity index (χ1v) is 22.1. The quantitative estimate of drug-likeness (QED) is 0.136. The zero-order chi connectivity index (χ0) is 43.8. The third-order valence-electron chi connectivity index (χ3n) is 13.5. The van der Waals surface area contributed by atoms with Crippen LogP contribution < -0.4 is 0 Å². The average molecular weight is 866 g/mol. The van der Waals surface area contributed by atoms with Crippen LogP contribution in [0.5, 0.6) is 0 Å². The molecule has 0 aromatic carbocycles. The molecule has 5 saturated heterocycles. The topological polar surface area (TPSA) is 236 Å². The van der Waals surface area contributed by atoms with Gasteiger partial charge in [-0.2, -0.15) is 0 Å². The fourth-order valence-corrected chi connectivity index (χ4v) is 10.6. The number of carbonyl (C=O) groups is 2. The lowest BCUT2D eigenvalue weighted by atomic mass is 9.76. The Morgan fingerprint density at radius 3 is 2.02 bits per heavy atom. The van der Waals surface area contributed by atoms with E-state index in [9.17, 15) is 40.2 Å². The Morgan fingerprint density at radius 1 is 0.763 bits per heavy atom. The summed E-state index contributed by atoms with van der Waals surface area (Å²) in [6.45, 7) is 13.9. The maximum atomic E-state index is 14.2. The fourth-order valence-electron chi connectivity index (χ4n) is 9.36. The molecule has 0 bridgehead atoms. The minimum atomic E-state index is -1.58. The number of Topliss-reactive ketones (excluding diaryl/α,β-unsaturated/α-hetero) is 1. The summed E-state index contributed by atoms with van der Waals surface area (Å²) in [4.78, 5) is 30.3. The van der Waals surface area contributed by atoms with Gasteiger partial charge in [-0.3, -0.25) is 9.59 Å². The number of cyclic esters (lactones) is 1. The zero-order valence-electron chi connectivity index (χ0n) is 36.4. The number of aliphatic hydroxyl groups is 6. The van der Waals surface area contributed by atoms with Crippen molar-refractivity contribution in [1.82, 2.24) is 4.90 Å². The predicted octanol–water partition coefficient (Wildman–Crippen LogP) is 0.449. The maximum Gasteiger partial charge on any atom is 0.311 e. The number of likely N-dealkylation sites (N-methyl/N-ethyl adjacent to an activating group) is 1. The van der Waals surface area contributed by atoms with Crippen LogP contribution in [0, 0.1) is 29.6 Å². The van der Waals surface area contributed by atoms with Crippen molar-refractivity contribution in [1.29, 1.82) is 0 Å². The Hall–Kier alpha value is -1.07. The number of thioether (sulfide) groups is 1. The van der Waals surface area contributed by atoms with Gasteiger partial charge in [-0.15, -0.1) is 11.8 Å². The van der Waals surface area contributed by atoms with Crippen molar-refractivity contribution in [3.63, 3.8) is 0 Å². The molecule has 23 atom stereocenters. The van der Waals surface area contributed by atoms with Gasteiger partial charge in [-0.1, -0.05) is 27.7 Å². The first kappa shape index (κ1) is 49.0. The summed E-state index contributed by atoms with van der Waals surface area (Å²) in [6, 6.07) is -0.335. The fraction of sp³-hybridized carbons (Fsp3) is 0.951. The number of nitrogens with zero attached hydrogens (tertiary/aromatic N) is 1. The Balaban J connectivity index is 1.56. The molecule has 1 spiro atoms. The average Bonchev–Trinajstić information content (AvgIpc) is 3.98. The molecule has 0 unspecified atom stereocenters. The minimum Gasteiger partial charge on any atom is -0.462 e.